The van der Waals surface area contributed by atoms with E-state index in [1.165, 1.54) is 25.9 Å². The van der Waals surface area contributed by atoms with Crippen molar-refractivity contribution in [2.75, 3.05) is 45.7 Å². The summed E-state index contributed by atoms with van der Waals surface area (Å²) in [5, 5.41) is 3.13. The molecule has 1 heterocycles. The maximum Gasteiger partial charge on any atom is 0.193 e. The highest BCUT2D eigenvalue weighted by Crippen LogP contribution is 2.29. The highest BCUT2D eigenvalue weighted by molar-refractivity contribution is 5.92. The zero-order valence-corrected chi connectivity index (χ0v) is 15.9. The van der Waals surface area contributed by atoms with E-state index in [1.807, 2.05) is 18.2 Å². The minimum absolute atomic E-state index is 0.438. The Morgan fingerprint density at radius 2 is 2.08 bits per heavy atom. The van der Waals surface area contributed by atoms with Crippen LogP contribution in [0.1, 0.15) is 26.7 Å². The lowest BCUT2D eigenvalue weighted by molar-refractivity contribution is 0.162. The number of anilines is 1. The molecule has 6 nitrogen and oxygen atoms in total. The summed E-state index contributed by atoms with van der Waals surface area (Å²) in [5.41, 5.74) is 6.89. The van der Waals surface area contributed by atoms with Gasteiger partial charge in [0.2, 0.25) is 0 Å². The molecule has 1 aromatic carbocycles. The van der Waals surface area contributed by atoms with Gasteiger partial charge in [-0.3, -0.25) is 4.99 Å². The van der Waals surface area contributed by atoms with Crippen molar-refractivity contribution in [3.05, 3.63) is 18.2 Å². The third kappa shape index (κ3) is 6.12. The Bertz CT molecular complexity index is 575. The molecule has 6 heteroatoms. The second-order valence-corrected chi connectivity index (χ2v) is 7.08. The molecule has 0 aliphatic carbocycles. The van der Waals surface area contributed by atoms with E-state index in [-0.39, 0.29) is 0 Å². The zero-order valence-electron chi connectivity index (χ0n) is 15.9. The summed E-state index contributed by atoms with van der Waals surface area (Å²) in [6.07, 6.45) is 2.47. The molecule has 1 aliphatic rings. The van der Waals surface area contributed by atoms with Gasteiger partial charge in [0.15, 0.2) is 17.5 Å². The first-order valence-electron chi connectivity index (χ1n) is 9.03. The van der Waals surface area contributed by atoms with Crippen LogP contribution in [0.2, 0.25) is 0 Å². The number of nitrogens with zero attached hydrogens (tertiary/aromatic N) is 2. The average molecular weight is 348 g/mol. The predicted octanol–water partition coefficient (Wildman–Crippen LogP) is 2.80. The number of guanidine groups is 1. The minimum atomic E-state index is 0.438. The monoisotopic (exact) mass is 348 g/mol. The fraction of sp³-hybridized carbons (Fsp3) is 0.632. The summed E-state index contributed by atoms with van der Waals surface area (Å²) in [6.45, 7) is 8.79. The molecule has 0 aromatic heterocycles. The number of hydrogen-bond donors (Lipinski definition) is 2. The zero-order chi connectivity index (χ0) is 18.2. The molecule has 3 N–H and O–H groups in total. The molecule has 1 unspecified atom stereocenters. The van der Waals surface area contributed by atoms with E-state index in [9.17, 15) is 0 Å². The Morgan fingerprint density at radius 1 is 1.32 bits per heavy atom. The van der Waals surface area contributed by atoms with Crippen LogP contribution < -0.4 is 20.5 Å². The van der Waals surface area contributed by atoms with Crippen molar-refractivity contribution in [2.24, 2.45) is 22.6 Å². The molecule has 1 fully saturated rings. The number of rotatable bonds is 7. The molecule has 0 saturated carbocycles. The first-order chi connectivity index (χ1) is 12.0. The van der Waals surface area contributed by atoms with E-state index in [1.54, 1.807) is 14.2 Å². The van der Waals surface area contributed by atoms with Gasteiger partial charge in [-0.1, -0.05) is 13.8 Å². The molecule has 1 aromatic rings. The fourth-order valence-corrected chi connectivity index (χ4v) is 3.31. The highest BCUT2D eigenvalue weighted by atomic mass is 16.5. The van der Waals surface area contributed by atoms with Crippen molar-refractivity contribution in [1.82, 2.24) is 4.90 Å². The number of nitrogens with one attached hydrogen (secondary N) is 1. The molecule has 25 heavy (non-hydrogen) atoms. The molecule has 0 bridgehead atoms. The number of aliphatic imine (C=N–C) groups is 1. The van der Waals surface area contributed by atoms with Crippen LogP contribution in [0.25, 0.3) is 0 Å². The molecule has 0 amide bonds. The van der Waals surface area contributed by atoms with Crippen LogP contribution in [0.5, 0.6) is 11.5 Å². The maximum atomic E-state index is 6.05. The predicted molar refractivity (Wildman–Crippen MR) is 104 cm³/mol. The van der Waals surface area contributed by atoms with Crippen LogP contribution in [0.4, 0.5) is 5.69 Å². The molecule has 1 aliphatic heterocycles. The van der Waals surface area contributed by atoms with Gasteiger partial charge in [0.25, 0.3) is 0 Å². The molecular weight excluding hydrogens is 316 g/mol. The van der Waals surface area contributed by atoms with Crippen molar-refractivity contribution >= 4 is 11.6 Å². The Kier molecular flexibility index (Phi) is 7.37. The van der Waals surface area contributed by atoms with Gasteiger partial charge in [0, 0.05) is 31.4 Å². The normalized spacial score (nSPS) is 19.1. The van der Waals surface area contributed by atoms with E-state index in [0.29, 0.717) is 29.3 Å². The Balaban J connectivity index is 1.89. The Labute approximate surface area is 151 Å². The van der Waals surface area contributed by atoms with E-state index in [4.69, 9.17) is 15.2 Å². The topological polar surface area (TPSA) is 72.1 Å². The maximum absolute atomic E-state index is 6.05. The second kappa shape index (κ2) is 9.51. The van der Waals surface area contributed by atoms with Crippen molar-refractivity contribution in [1.29, 1.82) is 0 Å². The van der Waals surface area contributed by atoms with Crippen LogP contribution in [-0.4, -0.2) is 51.3 Å². The third-order valence-corrected chi connectivity index (χ3v) is 4.40. The van der Waals surface area contributed by atoms with Gasteiger partial charge in [-0.25, -0.2) is 0 Å². The first kappa shape index (κ1) is 19.4. The molecular formula is C19H32N4O2. The quantitative estimate of drug-likeness (QED) is 0.586. The van der Waals surface area contributed by atoms with E-state index in [0.717, 1.165) is 18.8 Å². The largest absolute Gasteiger partial charge is 0.493 e. The van der Waals surface area contributed by atoms with Gasteiger partial charge in [-0.15, -0.1) is 0 Å². The molecule has 140 valence electrons. The fourth-order valence-electron chi connectivity index (χ4n) is 3.31. The van der Waals surface area contributed by atoms with Crippen molar-refractivity contribution in [2.45, 2.75) is 26.7 Å². The summed E-state index contributed by atoms with van der Waals surface area (Å²) in [4.78, 5) is 7.09. The highest BCUT2D eigenvalue weighted by Gasteiger charge is 2.20. The second-order valence-electron chi connectivity index (χ2n) is 7.08. The third-order valence-electron chi connectivity index (χ3n) is 4.40. The summed E-state index contributed by atoms with van der Waals surface area (Å²) < 4.78 is 10.5. The Hall–Kier alpha value is -1.95. The number of ether oxygens (including phenoxy) is 2. The van der Waals surface area contributed by atoms with Crippen molar-refractivity contribution < 1.29 is 9.47 Å². The van der Waals surface area contributed by atoms with Gasteiger partial charge >= 0.3 is 0 Å². The van der Waals surface area contributed by atoms with Gasteiger partial charge in [-0.05, 0) is 43.4 Å². The van der Waals surface area contributed by atoms with E-state index in [2.05, 4.69) is 29.1 Å². The van der Waals surface area contributed by atoms with Gasteiger partial charge < -0.3 is 25.4 Å². The first-order valence-corrected chi connectivity index (χ1v) is 9.03. The number of piperidine rings is 1. The Morgan fingerprint density at radius 3 is 2.76 bits per heavy atom. The van der Waals surface area contributed by atoms with Crippen LogP contribution in [-0.2, 0) is 0 Å². The summed E-state index contributed by atoms with van der Waals surface area (Å²) in [7, 11) is 3.23. The minimum Gasteiger partial charge on any atom is -0.493 e. The van der Waals surface area contributed by atoms with E-state index >= 15 is 0 Å². The van der Waals surface area contributed by atoms with Crippen LogP contribution >= 0.6 is 0 Å². The van der Waals surface area contributed by atoms with Crippen molar-refractivity contribution in [3.63, 3.8) is 0 Å². The van der Waals surface area contributed by atoms with Crippen LogP contribution in [0.3, 0.4) is 0 Å². The number of likely N-dealkylation sites (tertiary alicyclic amines) is 1. The average Bonchev–Trinajstić information content (AvgIpc) is 2.59. The van der Waals surface area contributed by atoms with Crippen LogP contribution in [0.15, 0.2) is 23.2 Å². The molecule has 0 radical (unpaired) electrons. The standard InChI is InChI=1S/C19H32N4O2/c1-14(2)12-23-9-5-6-15(13-23)11-21-19(20)22-16-7-8-17(24-3)18(10-16)25-4/h7-8,10,14-15H,5-6,9,11-13H2,1-4H3,(H3,20,21,22). The van der Waals surface area contributed by atoms with E-state index < -0.39 is 0 Å². The number of nitrogens with two attached hydrogens (primary N) is 1. The van der Waals surface area contributed by atoms with Gasteiger partial charge in [-0.2, -0.15) is 0 Å². The number of hydrogen-bond acceptors (Lipinski definition) is 4. The molecule has 2 rings (SSSR count). The summed E-state index contributed by atoms with van der Waals surface area (Å²) in [5.74, 6) is 3.08. The number of methoxy groups -OCH3 is 2. The molecule has 0 spiro atoms. The summed E-state index contributed by atoms with van der Waals surface area (Å²) >= 11 is 0. The van der Waals surface area contributed by atoms with Crippen LogP contribution in [0, 0.1) is 11.8 Å². The van der Waals surface area contributed by atoms with Crippen molar-refractivity contribution in [3.8, 4) is 11.5 Å². The SMILES string of the molecule is COc1ccc(NC(N)=NCC2CCCN(CC(C)C)C2)cc1OC. The molecule has 1 atom stereocenters. The smallest absolute Gasteiger partial charge is 0.193 e. The van der Waals surface area contributed by atoms with Gasteiger partial charge in [0.1, 0.15) is 0 Å². The lowest BCUT2D eigenvalue weighted by atomic mass is 9.97. The number of benzene rings is 1. The van der Waals surface area contributed by atoms with Gasteiger partial charge in [0.05, 0.1) is 14.2 Å². The lowest BCUT2D eigenvalue weighted by Crippen LogP contribution is -2.39. The molecule has 1 saturated heterocycles. The lowest BCUT2D eigenvalue weighted by Gasteiger charge is -2.33. The summed E-state index contributed by atoms with van der Waals surface area (Å²) in [6, 6.07) is 5.60.